The Bertz CT molecular complexity index is 681. The lowest BCUT2D eigenvalue weighted by molar-refractivity contribution is -0.384. The lowest BCUT2D eigenvalue weighted by atomic mass is 10.2. The number of rotatable bonds is 4. The standard InChI is InChI=1S/C10H8N6O3/c17-9-6-12-15-10(13-9)14-11-5-7-2-1-3-8(4-7)16(18)19/h1-6H,(H2,13,14,15,17). The van der Waals surface area contributed by atoms with Crippen LogP contribution in [0, 0.1) is 10.1 Å². The van der Waals surface area contributed by atoms with Crippen LogP contribution in [0.1, 0.15) is 5.56 Å². The summed E-state index contributed by atoms with van der Waals surface area (Å²) in [7, 11) is 0. The van der Waals surface area contributed by atoms with E-state index >= 15 is 0 Å². The minimum Gasteiger partial charge on any atom is -0.289 e. The van der Waals surface area contributed by atoms with Crippen molar-refractivity contribution < 1.29 is 4.92 Å². The van der Waals surface area contributed by atoms with Crippen molar-refractivity contribution in [2.75, 3.05) is 5.43 Å². The second kappa shape index (κ2) is 5.49. The number of hydrazone groups is 1. The molecule has 19 heavy (non-hydrogen) atoms. The number of benzene rings is 1. The molecule has 0 unspecified atom stereocenters. The maximum Gasteiger partial charge on any atom is 0.271 e. The van der Waals surface area contributed by atoms with E-state index in [9.17, 15) is 14.9 Å². The van der Waals surface area contributed by atoms with E-state index in [4.69, 9.17) is 0 Å². The van der Waals surface area contributed by atoms with Gasteiger partial charge in [-0.25, -0.2) is 5.43 Å². The van der Waals surface area contributed by atoms with E-state index in [1.165, 1.54) is 18.3 Å². The Kier molecular flexibility index (Phi) is 3.57. The largest absolute Gasteiger partial charge is 0.289 e. The number of aromatic nitrogens is 3. The summed E-state index contributed by atoms with van der Waals surface area (Å²) in [6, 6.07) is 5.94. The van der Waals surface area contributed by atoms with E-state index in [1.807, 2.05) is 0 Å². The molecule has 0 saturated carbocycles. The zero-order valence-corrected chi connectivity index (χ0v) is 9.48. The summed E-state index contributed by atoms with van der Waals surface area (Å²) in [4.78, 5) is 23.4. The molecule has 9 heteroatoms. The molecule has 0 atom stereocenters. The molecule has 0 radical (unpaired) electrons. The second-order valence-electron chi connectivity index (χ2n) is 3.40. The maximum atomic E-state index is 10.9. The summed E-state index contributed by atoms with van der Waals surface area (Å²) < 4.78 is 0. The van der Waals surface area contributed by atoms with Crippen LogP contribution in [-0.4, -0.2) is 26.3 Å². The SMILES string of the molecule is O=c1cnnc(NN=Cc2cccc([N+](=O)[O-])c2)[nH]1. The minimum atomic E-state index is -0.495. The van der Waals surface area contributed by atoms with E-state index in [0.717, 1.165) is 6.20 Å². The Morgan fingerprint density at radius 2 is 2.32 bits per heavy atom. The van der Waals surface area contributed by atoms with E-state index in [2.05, 4.69) is 25.7 Å². The number of nitro groups is 1. The first-order chi connectivity index (χ1) is 9.15. The van der Waals surface area contributed by atoms with E-state index in [0.29, 0.717) is 5.56 Å². The highest BCUT2D eigenvalue weighted by Gasteiger charge is 2.03. The summed E-state index contributed by atoms with van der Waals surface area (Å²) >= 11 is 0. The Morgan fingerprint density at radius 3 is 3.05 bits per heavy atom. The van der Waals surface area contributed by atoms with Crippen molar-refractivity contribution in [3.8, 4) is 0 Å². The normalized spacial score (nSPS) is 10.5. The lowest BCUT2D eigenvalue weighted by Crippen LogP contribution is -2.10. The number of hydrogen-bond donors (Lipinski definition) is 2. The highest BCUT2D eigenvalue weighted by molar-refractivity contribution is 5.81. The Balaban J connectivity index is 2.09. The number of non-ortho nitro benzene ring substituents is 1. The van der Waals surface area contributed by atoms with Gasteiger partial charge in [0, 0.05) is 17.7 Å². The molecule has 2 N–H and O–H groups in total. The third-order valence-corrected chi connectivity index (χ3v) is 2.04. The zero-order valence-electron chi connectivity index (χ0n) is 9.48. The first-order valence-corrected chi connectivity index (χ1v) is 5.11. The van der Waals surface area contributed by atoms with Crippen LogP contribution in [0.4, 0.5) is 11.6 Å². The van der Waals surface area contributed by atoms with Crippen molar-refractivity contribution in [1.29, 1.82) is 0 Å². The highest BCUT2D eigenvalue weighted by atomic mass is 16.6. The van der Waals surface area contributed by atoms with Gasteiger partial charge >= 0.3 is 0 Å². The van der Waals surface area contributed by atoms with E-state index in [1.54, 1.807) is 12.1 Å². The lowest BCUT2D eigenvalue weighted by Gasteiger charge is -1.96. The minimum absolute atomic E-state index is 0.0307. The van der Waals surface area contributed by atoms with Crippen LogP contribution in [0.5, 0.6) is 0 Å². The molecule has 0 saturated heterocycles. The summed E-state index contributed by atoms with van der Waals surface area (Å²) in [5.41, 5.74) is 2.54. The average molecular weight is 260 g/mol. The van der Waals surface area contributed by atoms with Crippen LogP contribution in [0.15, 0.2) is 40.4 Å². The number of nitro benzene ring substituents is 1. The summed E-state index contributed by atoms with van der Waals surface area (Å²) in [5.74, 6) is 0.0779. The number of nitrogens with zero attached hydrogens (tertiary/aromatic N) is 4. The van der Waals surface area contributed by atoms with Gasteiger partial charge in [0.15, 0.2) is 0 Å². The fraction of sp³-hybridized carbons (Fsp3) is 0. The summed E-state index contributed by atoms with van der Waals surface area (Å²) in [6.45, 7) is 0. The zero-order chi connectivity index (χ0) is 13.7. The number of anilines is 1. The van der Waals surface area contributed by atoms with Gasteiger partial charge in [-0.05, 0) is 0 Å². The molecule has 2 aromatic rings. The Morgan fingerprint density at radius 1 is 1.47 bits per heavy atom. The molecular formula is C10H8N6O3. The average Bonchev–Trinajstić information content (AvgIpc) is 2.39. The predicted molar refractivity (Wildman–Crippen MR) is 67.0 cm³/mol. The van der Waals surface area contributed by atoms with Crippen molar-refractivity contribution in [2.24, 2.45) is 5.10 Å². The molecule has 2 rings (SSSR count). The number of hydrogen-bond acceptors (Lipinski definition) is 7. The molecule has 96 valence electrons. The fourth-order valence-corrected chi connectivity index (χ4v) is 1.25. The molecular weight excluding hydrogens is 252 g/mol. The third-order valence-electron chi connectivity index (χ3n) is 2.04. The van der Waals surface area contributed by atoms with Crippen LogP contribution in [0.3, 0.4) is 0 Å². The van der Waals surface area contributed by atoms with Gasteiger partial charge in [-0.1, -0.05) is 12.1 Å². The van der Waals surface area contributed by atoms with E-state index < -0.39 is 10.5 Å². The van der Waals surface area contributed by atoms with Gasteiger partial charge in [0.05, 0.1) is 11.1 Å². The summed E-state index contributed by atoms with van der Waals surface area (Å²) in [6.07, 6.45) is 2.38. The smallest absolute Gasteiger partial charge is 0.271 e. The molecule has 1 aromatic carbocycles. The topological polar surface area (TPSA) is 126 Å². The Hall–Kier alpha value is -3.10. The molecule has 0 fully saturated rings. The fourth-order valence-electron chi connectivity index (χ4n) is 1.25. The predicted octanol–water partition coefficient (Wildman–Crippen LogP) is 0.519. The molecule has 0 aliphatic heterocycles. The number of nitrogens with one attached hydrogen (secondary N) is 2. The van der Waals surface area contributed by atoms with Crippen LogP contribution in [0.2, 0.25) is 0 Å². The molecule has 0 spiro atoms. The Labute approximate surface area is 106 Å². The monoisotopic (exact) mass is 260 g/mol. The van der Waals surface area contributed by atoms with Crippen molar-refractivity contribution in [3.63, 3.8) is 0 Å². The molecule has 0 amide bonds. The quantitative estimate of drug-likeness (QED) is 0.468. The van der Waals surface area contributed by atoms with Gasteiger partial charge in [0.25, 0.3) is 11.2 Å². The number of H-pyrrole nitrogens is 1. The molecule has 1 heterocycles. The first-order valence-electron chi connectivity index (χ1n) is 5.11. The van der Waals surface area contributed by atoms with Gasteiger partial charge in [0.2, 0.25) is 5.95 Å². The summed E-state index contributed by atoms with van der Waals surface area (Å²) in [5, 5.41) is 21.4. The molecule has 0 aliphatic carbocycles. The highest BCUT2D eigenvalue weighted by Crippen LogP contribution is 2.11. The molecule has 1 aromatic heterocycles. The van der Waals surface area contributed by atoms with Gasteiger partial charge in [-0.2, -0.15) is 5.10 Å². The van der Waals surface area contributed by atoms with Crippen LogP contribution < -0.4 is 11.0 Å². The molecule has 9 nitrogen and oxygen atoms in total. The third kappa shape index (κ3) is 3.43. The second-order valence-corrected chi connectivity index (χ2v) is 3.40. The first kappa shape index (κ1) is 12.4. The van der Waals surface area contributed by atoms with E-state index in [-0.39, 0.29) is 11.6 Å². The van der Waals surface area contributed by atoms with Gasteiger partial charge in [0.1, 0.15) is 6.20 Å². The van der Waals surface area contributed by atoms with Gasteiger partial charge in [-0.15, -0.1) is 10.2 Å². The van der Waals surface area contributed by atoms with Crippen LogP contribution in [0.25, 0.3) is 0 Å². The van der Waals surface area contributed by atoms with Crippen molar-refractivity contribution >= 4 is 17.9 Å². The van der Waals surface area contributed by atoms with Crippen LogP contribution in [-0.2, 0) is 0 Å². The van der Waals surface area contributed by atoms with Gasteiger partial charge < -0.3 is 0 Å². The van der Waals surface area contributed by atoms with Gasteiger partial charge in [-0.3, -0.25) is 19.9 Å². The van der Waals surface area contributed by atoms with Crippen molar-refractivity contribution in [1.82, 2.24) is 15.2 Å². The van der Waals surface area contributed by atoms with Crippen molar-refractivity contribution in [3.05, 3.63) is 56.5 Å². The van der Waals surface area contributed by atoms with Crippen molar-refractivity contribution in [2.45, 2.75) is 0 Å². The molecule has 0 aliphatic rings. The number of aromatic amines is 1. The molecule has 0 bridgehead atoms. The van der Waals surface area contributed by atoms with Crippen LogP contribution >= 0.6 is 0 Å². The maximum absolute atomic E-state index is 10.9.